The number of aliphatic hydroxyl groups excluding tert-OH is 1. The van der Waals surface area contributed by atoms with Crippen LogP contribution < -0.4 is 5.32 Å². The number of hydrogen-bond donors (Lipinski definition) is 2. The Morgan fingerprint density at radius 2 is 1.95 bits per heavy atom. The maximum atomic E-state index is 13.5. The van der Waals surface area contributed by atoms with Crippen molar-refractivity contribution in [3.05, 3.63) is 35.4 Å². The highest BCUT2D eigenvalue weighted by Gasteiger charge is 2.30. The molecule has 0 heterocycles. The molecule has 0 aliphatic carbocycles. The highest BCUT2D eigenvalue weighted by Crippen LogP contribution is 2.25. The van der Waals surface area contributed by atoms with Crippen LogP contribution in [0.25, 0.3) is 0 Å². The maximum absolute atomic E-state index is 13.5. The van der Waals surface area contributed by atoms with Crippen LogP contribution in [0.5, 0.6) is 0 Å². The third kappa shape index (κ3) is 4.00. The quantitative estimate of drug-likeness (QED) is 0.874. The second-order valence-electron chi connectivity index (χ2n) is 5.98. The second-order valence-corrected chi connectivity index (χ2v) is 5.98. The van der Waals surface area contributed by atoms with E-state index in [1.54, 1.807) is 0 Å². The van der Waals surface area contributed by atoms with Gasteiger partial charge in [0.1, 0.15) is 11.6 Å². The summed E-state index contributed by atoms with van der Waals surface area (Å²) in [6.07, 6.45) is -0.596. The average Bonchev–Trinajstić information content (AvgIpc) is 2.35. The molecule has 5 heteroatoms. The molecule has 3 nitrogen and oxygen atoms in total. The fraction of sp³-hybridized carbons (Fsp3) is 0.533. The zero-order chi connectivity index (χ0) is 15.5. The summed E-state index contributed by atoms with van der Waals surface area (Å²) in [5.74, 6) is -2.20. The molecule has 0 aromatic heterocycles. The van der Waals surface area contributed by atoms with Gasteiger partial charge < -0.3 is 10.4 Å². The molecule has 1 unspecified atom stereocenters. The topological polar surface area (TPSA) is 49.3 Å². The van der Waals surface area contributed by atoms with E-state index in [1.165, 1.54) is 0 Å². The number of carbonyl (C=O) groups is 1. The number of halogens is 2. The molecule has 0 saturated carbocycles. The normalized spacial score (nSPS) is 13.4. The van der Waals surface area contributed by atoms with Crippen LogP contribution in [0.3, 0.4) is 0 Å². The van der Waals surface area contributed by atoms with E-state index in [-0.39, 0.29) is 18.0 Å². The lowest BCUT2D eigenvalue weighted by atomic mass is 9.80. The third-order valence-corrected chi connectivity index (χ3v) is 3.31. The first-order chi connectivity index (χ1) is 9.15. The minimum atomic E-state index is -0.898. The van der Waals surface area contributed by atoms with Crippen LogP contribution in [0.2, 0.25) is 0 Å². The monoisotopic (exact) mass is 285 g/mol. The van der Waals surface area contributed by atoms with Crippen molar-refractivity contribution in [1.82, 2.24) is 5.32 Å². The number of amides is 1. The first kappa shape index (κ1) is 16.6. The molecule has 1 rings (SSSR count). The summed E-state index contributed by atoms with van der Waals surface area (Å²) >= 11 is 0. The van der Waals surface area contributed by atoms with Gasteiger partial charge in [0.2, 0.25) is 0 Å². The molecule has 1 aromatic carbocycles. The maximum Gasteiger partial charge on any atom is 0.254 e. The van der Waals surface area contributed by atoms with Crippen LogP contribution in [0.1, 0.15) is 38.1 Å². The van der Waals surface area contributed by atoms with Crippen LogP contribution in [0.15, 0.2) is 18.2 Å². The zero-order valence-corrected chi connectivity index (χ0v) is 12.2. The van der Waals surface area contributed by atoms with E-state index in [0.29, 0.717) is 6.07 Å². The van der Waals surface area contributed by atoms with Gasteiger partial charge in [-0.1, -0.05) is 27.7 Å². The fourth-order valence-electron chi connectivity index (χ4n) is 2.08. The number of hydrogen-bond acceptors (Lipinski definition) is 2. The summed E-state index contributed by atoms with van der Waals surface area (Å²) < 4.78 is 26.2. The first-order valence-corrected chi connectivity index (χ1v) is 6.56. The van der Waals surface area contributed by atoms with Crippen molar-refractivity contribution in [2.24, 2.45) is 11.3 Å². The zero-order valence-electron chi connectivity index (χ0n) is 12.2. The minimum Gasteiger partial charge on any atom is -0.392 e. The fourth-order valence-corrected chi connectivity index (χ4v) is 2.08. The molecule has 0 bridgehead atoms. The minimum absolute atomic E-state index is 0.0458. The van der Waals surface area contributed by atoms with Crippen LogP contribution in [-0.2, 0) is 0 Å². The Bertz CT molecular complexity index is 487. The van der Waals surface area contributed by atoms with Gasteiger partial charge in [-0.3, -0.25) is 4.79 Å². The van der Waals surface area contributed by atoms with Crippen molar-refractivity contribution in [2.45, 2.75) is 33.8 Å². The van der Waals surface area contributed by atoms with Crippen molar-refractivity contribution < 1.29 is 18.7 Å². The van der Waals surface area contributed by atoms with Crippen LogP contribution in [0.4, 0.5) is 8.78 Å². The average molecular weight is 285 g/mol. The summed E-state index contributed by atoms with van der Waals surface area (Å²) in [6.45, 7) is 7.60. The van der Waals surface area contributed by atoms with Crippen LogP contribution in [-0.4, -0.2) is 23.7 Å². The Kier molecular flexibility index (Phi) is 5.22. The molecule has 0 spiro atoms. The summed E-state index contributed by atoms with van der Waals surface area (Å²) in [6, 6.07) is 2.81. The molecule has 112 valence electrons. The van der Waals surface area contributed by atoms with Gasteiger partial charge in [0, 0.05) is 18.0 Å². The summed E-state index contributed by atoms with van der Waals surface area (Å²) in [5.41, 5.74) is -0.749. The van der Waals surface area contributed by atoms with Crippen LogP contribution >= 0.6 is 0 Å². The molecule has 0 radical (unpaired) electrons. The van der Waals surface area contributed by atoms with Crippen molar-refractivity contribution in [3.63, 3.8) is 0 Å². The largest absolute Gasteiger partial charge is 0.392 e. The Hall–Kier alpha value is -1.49. The van der Waals surface area contributed by atoms with Gasteiger partial charge in [0.25, 0.3) is 5.91 Å². The van der Waals surface area contributed by atoms with Gasteiger partial charge in [-0.2, -0.15) is 0 Å². The number of aliphatic hydroxyl groups is 1. The second kappa shape index (κ2) is 6.31. The smallest absolute Gasteiger partial charge is 0.254 e. The Morgan fingerprint density at radius 1 is 1.35 bits per heavy atom. The predicted octanol–water partition coefficient (Wildman–Crippen LogP) is 2.74. The highest BCUT2D eigenvalue weighted by molar-refractivity contribution is 5.94. The number of nitrogens with one attached hydrogen (secondary N) is 1. The lowest BCUT2D eigenvalue weighted by Gasteiger charge is -2.33. The standard InChI is InChI=1S/C15H21F2NO2/c1-9(2)13(19)15(3,4)8-18-14(20)11-6-5-10(16)7-12(11)17/h5-7,9,13,19H,8H2,1-4H3,(H,18,20). The highest BCUT2D eigenvalue weighted by atomic mass is 19.1. The molecule has 20 heavy (non-hydrogen) atoms. The van der Waals surface area contributed by atoms with Crippen molar-refractivity contribution in [2.75, 3.05) is 6.54 Å². The van der Waals surface area contributed by atoms with Crippen LogP contribution in [0, 0.1) is 23.0 Å². The molecule has 1 amide bonds. The van der Waals surface area contributed by atoms with Gasteiger partial charge in [0.05, 0.1) is 11.7 Å². The van der Waals surface area contributed by atoms with Crippen molar-refractivity contribution >= 4 is 5.91 Å². The van der Waals surface area contributed by atoms with Gasteiger partial charge in [-0.05, 0) is 18.1 Å². The van der Waals surface area contributed by atoms with E-state index < -0.39 is 29.1 Å². The number of carbonyl (C=O) groups excluding carboxylic acids is 1. The molecule has 0 aliphatic heterocycles. The molecule has 2 N–H and O–H groups in total. The lowest BCUT2D eigenvalue weighted by Crippen LogP contribution is -2.43. The SMILES string of the molecule is CC(C)C(O)C(C)(C)CNC(=O)c1ccc(F)cc1F. The first-order valence-electron chi connectivity index (χ1n) is 6.56. The van der Waals surface area contributed by atoms with E-state index in [9.17, 15) is 18.7 Å². The van der Waals surface area contributed by atoms with E-state index in [4.69, 9.17) is 0 Å². The van der Waals surface area contributed by atoms with Crippen molar-refractivity contribution in [1.29, 1.82) is 0 Å². The van der Waals surface area contributed by atoms with Gasteiger partial charge in [-0.25, -0.2) is 8.78 Å². The Morgan fingerprint density at radius 3 is 2.45 bits per heavy atom. The molecule has 0 saturated heterocycles. The summed E-state index contributed by atoms with van der Waals surface area (Å²) in [4.78, 5) is 11.9. The molecular weight excluding hydrogens is 264 g/mol. The van der Waals surface area contributed by atoms with Gasteiger partial charge in [0.15, 0.2) is 0 Å². The molecule has 0 aliphatic rings. The van der Waals surface area contributed by atoms with E-state index in [0.717, 1.165) is 12.1 Å². The Labute approximate surface area is 118 Å². The Balaban J connectivity index is 2.72. The summed E-state index contributed by atoms with van der Waals surface area (Å²) in [7, 11) is 0. The third-order valence-electron chi connectivity index (χ3n) is 3.31. The van der Waals surface area contributed by atoms with E-state index in [2.05, 4.69) is 5.32 Å². The van der Waals surface area contributed by atoms with Gasteiger partial charge >= 0.3 is 0 Å². The van der Waals surface area contributed by atoms with E-state index >= 15 is 0 Å². The molecule has 1 atom stereocenters. The summed E-state index contributed by atoms with van der Waals surface area (Å²) in [5, 5.41) is 12.6. The van der Waals surface area contributed by atoms with Crippen molar-refractivity contribution in [3.8, 4) is 0 Å². The molecular formula is C15H21F2NO2. The lowest BCUT2D eigenvalue weighted by molar-refractivity contribution is 0.0138. The van der Waals surface area contributed by atoms with Gasteiger partial charge in [-0.15, -0.1) is 0 Å². The predicted molar refractivity (Wildman–Crippen MR) is 73.3 cm³/mol. The number of rotatable bonds is 5. The van der Waals surface area contributed by atoms with E-state index in [1.807, 2.05) is 27.7 Å². The molecule has 0 fully saturated rings. The number of benzene rings is 1. The molecule has 1 aromatic rings.